The van der Waals surface area contributed by atoms with Crippen LogP contribution in [-0.4, -0.2) is 18.6 Å². The van der Waals surface area contributed by atoms with E-state index in [-0.39, 0.29) is 5.82 Å². The van der Waals surface area contributed by atoms with Crippen LogP contribution in [0, 0.1) is 5.82 Å². The normalized spacial score (nSPS) is 11.0. The molecule has 4 aromatic rings. The molecule has 5 heteroatoms. The number of fused-ring (bicyclic) bond motifs is 1. The second-order valence-corrected chi connectivity index (χ2v) is 7.52. The number of nitrogens with one attached hydrogen (secondary N) is 1. The standard InChI is InChI=1S/C25H22ClFN2O/c1-30-21-11-8-18-14-19(16-28-13-12-17-6-9-20(26)10-7-17)25(29-24(18)15-21)22-4-2-3-5-23(22)27/h2-11,14-15,28H,12-13,16H2,1H3. The van der Waals surface area contributed by atoms with Gasteiger partial charge in [-0.15, -0.1) is 0 Å². The second-order valence-electron chi connectivity index (χ2n) is 7.09. The molecule has 1 N–H and O–H groups in total. The molecule has 1 heterocycles. The van der Waals surface area contributed by atoms with Crippen LogP contribution in [0.3, 0.4) is 0 Å². The monoisotopic (exact) mass is 420 g/mol. The van der Waals surface area contributed by atoms with Gasteiger partial charge in [0.15, 0.2) is 0 Å². The van der Waals surface area contributed by atoms with Gasteiger partial charge in [-0.05, 0) is 66.6 Å². The van der Waals surface area contributed by atoms with Crippen molar-refractivity contribution in [3.05, 3.63) is 94.8 Å². The molecule has 30 heavy (non-hydrogen) atoms. The highest BCUT2D eigenvalue weighted by atomic mass is 35.5. The lowest BCUT2D eigenvalue weighted by molar-refractivity contribution is 0.415. The first-order valence-corrected chi connectivity index (χ1v) is 10.2. The zero-order valence-electron chi connectivity index (χ0n) is 16.7. The first-order valence-electron chi connectivity index (χ1n) is 9.82. The highest BCUT2D eigenvalue weighted by Gasteiger charge is 2.13. The van der Waals surface area contributed by atoms with Crippen LogP contribution >= 0.6 is 11.6 Å². The predicted molar refractivity (Wildman–Crippen MR) is 121 cm³/mol. The summed E-state index contributed by atoms with van der Waals surface area (Å²) in [5.74, 6) is 0.443. The molecule has 0 aliphatic rings. The summed E-state index contributed by atoms with van der Waals surface area (Å²) in [6, 6.07) is 22.4. The third-order valence-electron chi connectivity index (χ3n) is 5.05. The van der Waals surface area contributed by atoms with Crippen LogP contribution in [0.25, 0.3) is 22.2 Å². The summed E-state index contributed by atoms with van der Waals surface area (Å²) >= 11 is 5.95. The average molecular weight is 421 g/mol. The topological polar surface area (TPSA) is 34.1 Å². The fourth-order valence-corrected chi connectivity index (χ4v) is 3.57. The van der Waals surface area contributed by atoms with E-state index in [2.05, 4.69) is 11.4 Å². The van der Waals surface area contributed by atoms with E-state index in [0.717, 1.165) is 40.2 Å². The quantitative estimate of drug-likeness (QED) is 0.370. The van der Waals surface area contributed by atoms with Crippen molar-refractivity contribution < 1.29 is 9.13 Å². The molecule has 0 saturated carbocycles. The molecule has 0 unspecified atom stereocenters. The van der Waals surface area contributed by atoms with Gasteiger partial charge >= 0.3 is 0 Å². The smallest absolute Gasteiger partial charge is 0.132 e. The fraction of sp³-hybridized carbons (Fsp3) is 0.160. The van der Waals surface area contributed by atoms with Crippen LogP contribution in [0.2, 0.25) is 5.02 Å². The molecule has 3 nitrogen and oxygen atoms in total. The molecule has 152 valence electrons. The van der Waals surface area contributed by atoms with Crippen LogP contribution in [-0.2, 0) is 13.0 Å². The van der Waals surface area contributed by atoms with E-state index in [0.29, 0.717) is 17.8 Å². The maximum atomic E-state index is 14.5. The third kappa shape index (κ3) is 4.61. The zero-order valence-corrected chi connectivity index (χ0v) is 17.4. The lowest BCUT2D eigenvalue weighted by atomic mass is 10.0. The molecule has 3 aromatic carbocycles. The van der Waals surface area contributed by atoms with Crippen molar-refractivity contribution in [2.45, 2.75) is 13.0 Å². The van der Waals surface area contributed by atoms with Gasteiger partial charge in [-0.1, -0.05) is 35.9 Å². The number of pyridine rings is 1. The Bertz CT molecular complexity index is 1160. The average Bonchev–Trinajstić information content (AvgIpc) is 2.77. The fourth-order valence-electron chi connectivity index (χ4n) is 3.45. The van der Waals surface area contributed by atoms with Crippen molar-refractivity contribution in [2.75, 3.05) is 13.7 Å². The summed E-state index contributed by atoms with van der Waals surface area (Å²) < 4.78 is 19.9. The van der Waals surface area contributed by atoms with Crippen molar-refractivity contribution in [2.24, 2.45) is 0 Å². The van der Waals surface area contributed by atoms with Crippen molar-refractivity contribution in [3.8, 4) is 17.0 Å². The Labute approximate surface area is 180 Å². The largest absolute Gasteiger partial charge is 0.497 e. The summed E-state index contributed by atoms with van der Waals surface area (Å²) in [6.45, 7) is 1.38. The maximum Gasteiger partial charge on any atom is 0.132 e. The van der Waals surface area contributed by atoms with Crippen molar-refractivity contribution in [3.63, 3.8) is 0 Å². The Kier molecular flexibility index (Phi) is 6.26. The number of halogens is 2. The Morgan fingerprint density at radius 2 is 1.80 bits per heavy atom. The van der Waals surface area contributed by atoms with Crippen LogP contribution in [0.15, 0.2) is 72.8 Å². The van der Waals surface area contributed by atoms with Gasteiger partial charge in [-0.2, -0.15) is 0 Å². The van der Waals surface area contributed by atoms with Crippen LogP contribution in [0.4, 0.5) is 4.39 Å². The summed E-state index contributed by atoms with van der Waals surface area (Å²) in [6.07, 6.45) is 0.879. The molecular weight excluding hydrogens is 399 g/mol. The Morgan fingerprint density at radius 1 is 1.00 bits per heavy atom. The highest BCUT2D eigenvalue weighted by molar-refractivity contribution is 6.30. The molecule has 0 radical (unpaired) electrons. The lowest BCUT2D eigenvalue weighted by Crippen LogP contribution is -2.17. The molecule has 0 bridgehead atoms. The first kappa shape index (κ1) is 20.3. The number of nitrogens with zero attached hydrogens (tertiary/aromatic N) is 1. The highest BCUT2D eigenvalue weighted by Crippen LogP contribution is 2.29. The van der Waals surface area contributed by atoms with Gasteiger partial charge < -0.3 is 10.1 Å². The zero-order chi connectivity index (χ0) is 20.9. The van der Waals surface area contributed by atoms with Crippen LogP contribution < -0.4 is 10.1 Å². The maximum absolute atomic E-state index is 14.5. The number of benzene rings is 3. The number of hydrogen-bond donors (Lipinski definition) is 1. The van der Waals surface area contributed by atoms with Gasteiger partial charge in [0.25, 0.3) is 0 Å². The van der Waals surface area contributed by atoms with E-state index in [1.165, 1.54) is 11.6 Å². The van der Waals surface area contributed by atoms with Crippen LogP contribution in [0.5, 0.6) is 5.75 Å². The summed E-state index contributed by atoms with van der Waals surface area (Å²) in [5, 5.41) is 5.19. The Morgan fingerprint density at radius 3 is 2.57 bits per heavy atom. The van der Waals surface area contributed by atoms with Gasteiger partial charge in [0.2, 0.25) is 0 Å². The summed E-state index contributed by atoms with van der Waals surface area (Å²) in [4.78, 5) is 4.79. The molecule has 0 atom stereocenters. The minimum atomic E-state index is -0.283. The molecule has 4 rings (SSSR count). The SMILES string of the molecule is COc1ccc2cc(CNCCc3ccc(Cl)cc3)c(-c3ccccc3F)nc2c1. The second kappa shape index (κ2) is 9.24. The van der Waals surface area contributed by atoms with Gasteiger partial charge in [0.05, 0.1) is 18.3 Å². The Hall–Kier alpha value is -2.95. The predicted octanol–water partition coefficient (Wildman–Crippen LogP) is 6.04. The first-order chi connectivity index (χ1) is 14.6. The lowest BCUT2D eigenvalue weighted by Gasteiger charge is -2.13. The number of rotatable bonds is 7. The van der Waals surface area contributed by atoms with Crippen molar-refractivity contribution in [1.82, 2.24) is 10.3 Å². The minimum Gasteiger partial charge on any atom is -0.497 e. The van der Waals surface area contributed by atoms with E-state index in [1.54, 1.807) is 19.2 Å². The van der Waals surface area contributed by atoms with Crippen molar-refractivity contribution in [1.29, 1.82) is 0 Å². The molecule has 0 spiro atoms. The van der Waals surface area contributed by atoms with E-state index >= 15 is 0 Å². The number of ether oxygens (including phenoxy) is 1. The van der Waals surface area contributed by atoms with Gasteiger partial charge in [-0.25, -0.2) is 9.37 Å². The molecule has 0 fully saturated rings. The van der Waals surface area contributed by atoms with Crippen molar-refractivity contribution >= 4 is 22.5 Å². The van der Waals surface area contributed by atoms with Crippen LogP contribution in [0.1, 0.15) is 11.1 Å². The molecule has 0 saturated heterocycles. The molecule has 0 aliphatic heterocycles. The summed E-state index contributed by atoms with van der Waals surface area (Å²) in [5.41, 5.74) is 4.08. The molecular formula is C25H22ClFN2O. The minimum absolute atomic E-state index is 0.283. The van der Waals surface area contributed by atoms with E-state index in [4.69, 9.17) is 21.3 Å². The number of hydrogen-bond acceptors (Lipinski definition) is 3. The van der Waals surface area contributed by atoms with Gasteiger partial charge in [-0.3, -0.25) is 0 Å². The van der Waals surface area contributed by atoms with E-state index < -0.39 is 0 Å². The summed E-state index contributed by atoms with van der Waals surface area (Å²) in [7, 11) is 1.62. The third-order valence-corrected chi connectivity index (χ3v) is 5.30. The Balaban J connectivity index is 1.60. The van der Waals surface area contributed by atoms with E-state index in [1.807, 2.05) is 48.5 Å². The number of aromatic nitrogens is 1. The van der Waals surface area contributed by atoms with E-state index in [9.17, 15) is 4.39 Å². The van der Waals surface area contributed by atoms with Gasteiger partial charge in [0, 0.05) is 28.6 Å². The molecule has 0 aliphatic carbocycles. The molecule has 1 aromatic heterocycles. The molecule has 0 amide bonds. The van der Waals surface area contributed by atoms with Gasteiger partial charge in [0.1, 0.15) is 11.6 Å². The number of methoxy groups -OCH3 is 1.